The number of nitrogens with one attached hydrogen (secondary N) is 2. The zero-order chi connectivity index (χ0) is 25.5. The summed E-state index contributed by atoms with van der Waals surface area (Å²) in [6.07, 6.45) is 1.67. The van der Waals surface area contributed by atoms with E-state index in [1.807, 2.05) is 0 Å². The molecule has 1 aromatic carbocycles. The molecule has 0 heterocycles. The Hall–Kier alpha value is -2.09. The van der Waals surface area contributed by atoms with Gasteiger partial charge in [-0.3, -0.25) is 9.59 Å². The normalized spacial score (nSPS) is 21.2. The third-order valence-electron chi connectivity index (χ3n) is 6.91. The number of alkyl halides is 3. The van der Waals surface area contributed by atoms with Crippen molar-refractivity contribution in [3.05, 3.63) is 35.4 Å². The van der Waals surface area contributed by atoms with Crippen LogP contribution >= 0.6 is 0 Å². The summed E-state index contributed by atoms with van der Waals surface area (Å²) in [5.41, 5.74) is -1.01. The van der Waals surface area contributed by atoms with Crippen LogP contribution in [-0.4, -0.2) is 48.4 Å². The van der Waals surface area contributed by atoms with Gasteiger partial charge in [0.15, 0.2) is 0 Å². The smallest absolute Gasteiger partial charge is 0.352 e. The van der Waals surface area contributed by atoms with Crippen LogP contribution in [0.15, 0.2) is 24.3 Å². The molecule has 5 nitrogen and oxygen atoms in total. The van der Waals surface area contributed by atoms with Gasteiger partial charge in [-0.1, -0.05) is 32.8 Å². The number of carbonyl (C=O) groups is 2. The van der Waals surface area contributed by atoms with Crippen LogP contribution < -0.4 is 10.6 Å². The monoisotopic (exact) mass is 483 g/mol. The molecule has 192 valence electrons. The highest BCUT2D eigenvalue weighted by Crippen LogP contribution is 2.32. The highest BCUT2D eigenvalue weighted by atomic mass is 19.4. The quantitative estimate of drug-likeness (QED) is 0.478. The number of hydrogen-bond donors (Lipinski definition) is 2. The summed E-state index contributed by atoms with van der Waals surface area (Å²) >= 11 is 0. The van der Waals surface area contributed by atoms with E-state index in [0.717, 1.165) is 50.7 Å². The Morgan fingerprint density at radius 1 is 1.15 bits per heavy atom. The van der Waals surface area contributed by atoms with E-state index in [-0.39, 0.29) is 24.1 Å². The van der Waals surface area contributed by atoms with E-state index >= 15 is 0 Å². The molecule has 0 aromatic heterocycles. The Morgan fingerprint density at radius 2 is 1.85 bits per heavy atom. The van der Waals surface area contributed by atoms with Crippen molar-refractivity contribution in [2.75, 3.05) is 13.6 Å². The molecule has 2 amide bonds. The average Bonchev–Trinajstić information content (AvgIpc) is 2.77. The molecular weight excluding hydrogens is 443 g/mol. The standard InChI is InChI=1S/C26H40F3N3O2/c1-17(2)8-6-9-19-15-22(32(5)18(3)4)12-13-23(19)31-24(33)16-30-25(34)20-10-7-11-21(14-20)26(27,28)29/h7,10-11,14,17-19,22-23H,6,8-9,12-13,15-16H2,1-5H3,(H,30,34)(H,31,33)/t19-,22+,23-/m0/s1. The number of benzene rings is 1. The summed E-state index contributed by atoms with van der Waals surface area (Å²) in [4.78, 5) is 27.3. The molecule has 0 unspecified atom stereocenters. The zero-order valence-electron chi connectivity index (χ0n) is 21.0. The minimum Gasteiger partial charge on any atom is -0.352 e. The van der Waals surface area contributed by atoms with Crippen LogP contribution in [0.4, 0.5) is 13.2 Å². The first-order valence-corrected chi connectivity index (χ1v) is 12.3. The largest absolute Gasteiger partial charge is 0.416 e. The van der Waals surface area contributed by atoms with Crippen molar-refractivity contribution in [1.29, 1.82) is 0 Å². The summed E-state index contributed by atoms with van der Waals surface area (Å²) in [5.74, 6) is -0.00880. The number of carbonyl (C=O) groups excluding carboxylic acids is 2. The van der Waals surface area contributed by atoms with Gasteiger partial charge >= 0.3 is 6.18 Å². The second-order valence-corrected chi connectivity index (χ2v) is 10.2. The first-order chi connectivity index (χ1) is 15.9. The lowest BCUT2D eigenvalue weighted by Gasteiger charge is -2.42. The van der Waals surface area contributed by atoms with Gasteiger partial charge in [0.2, 0.25) is 5.91 Å². The Bertz CT molecular complexity index is 811. The van der Waals surface area contributed by atoms with Crippen molar-refractivity contribution < 1.29 is 22.8 Å². The van der Waals surface area contributed by atoms with E-state index < -0.39 is 17.6 Å². The van der Waals surface area contributed by atoms with Crippen LogP contribution in [0.25, 0.3) is 0 Å². The van der Waals surface area contributed by atoms with Crippen molar-refractivity contribution in [3.8, 4) is 0 Å². The van der Waals surface area contributed by atoms with Crippen molar-refractivity contribution in [1.82, 2.24) is 15.5 Å². The van der Waals surface area contributed by atoms with E-state index in [9.17, 15) is 22.8 Å². The third kappa shape index (κ3) is 8.60. The topological polar surface area (TPSA) is 61.4 Å². The molecule has 0 radical (unpaired) electrons. The summed E-state index contributed by atoms with van der Waals surface area (Å²) < 4.78 is 38.7. The van der Waals surface area contributed by atoms with Gasteiger partial charge in [-0.15, -0.1) is 0 Å². The van der Waals surface area contributed by atoms with Gasteiger partial charge in [-0.25, -0.2) is 0 Å². The van der Waals surface area contributed by atoms with E-state index in [0.29, 0.717) is 23.9 Å². The van der Waals surface area contributed by atoms with Crippen LogP contribution in [0.3, 0.4) is 0 Å². The molecule has 2 N–H and O–H groups in total. The van der Waals surface area contributed by atoms with Gasteiger partial charge in [0.05, 0.1) is 12.1 Å². The predicted octanol–water partition coefficient (Wildman–Crippen LogP) is 5.26. The number of amides is 2. The van der Waals surface area contributed by atoms with Gasteiger partial charge in [0, 0.05) is 23.7 Å². The highest BCUT2D eigenvalue weighted by molar-refractivity contribution is 5.96. The maximum Gasteiger partial charge on any atom is 0.416 e. The fourth-order valence-corrected chi connectivity index (χ4v) is 4.69. The van der Waals surface area contributed by atoms with E-state index in [4.69, 9.17) is 0 Å². The first kappa shape index (κ1) is 28.1. The molecular formula is C26H40F3N3O2. The summed E-state index contributed by atoms with van der Waals surface area (Å²) in [5, 5.41) is 5.54. The average molecular weight is 484 g/mol. The fourth-order valence-electron chi connectivity index (χ4n) is 4.69. The summed E-state index contributed by atoms with van der Waals surface area (Å²) in [6.45, 7) is 8.54. The molecule has 2 rings (SSSR count). The van der Waals surface area contributed by atoms with Crippen molar-refractivity contribution in [2.24, 2.45) is 11.8 Å². The zero-order valence-corrected chi connectivity index (χ0v) is 21.0. The van der Waals surface area contributed by atoms with Crippen molar-refractivity contribution in [3.63, 3.8) is 0 Å². The van der Waals surface area contributed by atoms with Crippen LogP contribution in [0.2, 0.25) is 0 Å². The molecule has 0 saturated heterocycles. The Balaban J connectivity index is 1.94. The molecule has 1 aliphatic rings. The van der Waals surface area contributed by atoms with Crippen LogP contribution in [0.1, 0.15) is 82.1 Å². The Morgan fingerprint density at radius 3 is 2.47 bits per heavy atom. The number of halogens is 3. The van der Waals surface area contributed by atoms with Crippen LogP contribution in [-0.2, 0) is 11.0 Å². The summed E-state index contributed by atoms with van der Waals surface area (Å²) in [6, 6.07) is 5.19. The minimum atomic E-state index is -4.53. The molecule has 1 aliphatic carbocycles. The molecule has 0 aliphatic heterocycles. The molecule has 1 aromatic rings. The van der Waals surface area contributed by atoms with E-state index in [2.05, 4.69) is 50.3 Å². The molecule has 0 bridgehead atoms. The maximum absolute atomic E-state index is 12.9. The Kier molecular flexibility index (Phi) is 10.4. The predicted molar refractivity (Wildman–Crippen MR) is 128 cm³/mol. The fraction of sp³-hybridized carbons (Fsp3) is 0.692. The Labute approximate surface area is 201 Å². The lowest BCUT2D eigenvalue weighted by Crippen LogP contribution is -2.51. The maximum atomic E-state index is 12.9. The van der Waals surface area contributed by atoms with E-state index in [1.165, 1.54) is 12.1 Å². The lowest BCUT2D eigenvalue weighted by molar-refractivity contribution is -0.137. The van der Waals surface area contributed by atoms with E-state index in [1.54, 1.807) is 0 Å². The third-order valence-corrected chi connectivity index (χ3v) is 6.91. The van der Waals surface area contributed by atoms with Crippen molar-refractivity contribution in [2.45, 2.75) is 90.5 Å². The molecule has 1 fully saturated rings. The highest BCUT2D eigenvalue weighted by Gasteiger charge is 2.34. The molecule has 0 spiro atoms. The number of hydrogen-bond acceptors (Lipinski definition) is 3. The van der Waals surface area contributed by atoms with Gasteiger partial charge < -0.3 is 15.5 Å². The van der Waals surface area contributed by atoms with Crippen molar-refractivity contribution >= 4 is 11.8 Å². The molecule has 3 atom stereocenters. The minimum absolute atomic E-state index is 0.0435. The molecule has 34 heavy (non-hydrogen) atoms. The van der Waals surface area contributed by atoms with Crippen LogP contribution in [0.5, 0.6) is 0 Å². The summed E-state index contributed by atoms with van der Waals surface area (Å²) in [7, 11) is 2.16. The second-order valence-electron chi connectivity index (χ2n) is 10.2. The first-order valence-electron chi connectivity index (χ1n) is 12.3. The number of rotatable bonds is 10. The molecule has 1 saturated carbocycles. The lowest BCUT2D eigenvalue weighted by atomic mass is 9.77. The van der Waals surface area contributed by atoms with Gasteiger partial charge in [0.1, 0.15) is 0 Å². The SMILES string of the molecule is CC(C)CCC[C@H]1C[C@H](N(C)C(C)C)CC[C@@H]1NC(=O)CNC(=O)c1cccc(C(F)(F)F)c1. The van der Waals surface area contributed by atoms with Gasteiger partial charge in [0.25, 0.3) is 5.91 Å². The molecule has 8 heteroatoms. The van der Waals surface area contributed by atoms with Gasteiger partial charge in [-0.2, -0.15) is 13.2 Å². The van der Waals surface area contributed by atoms with Gasteiger partial charge in [-0.05, 0) is 76.6 Å². The number of nitrogens with zero attached hydrogens (tertiary/aromatic N) is 1. The second kappa shape index (κ2) is 12.6. The van der Waals surface area contributed by atoms with Crippen LogP contribution in [0, 0.1) is 11.8 Å².